The Balaban J connectivity index is 1.15. The summed E-state index contributed by atoms with van der Waals surface area (Å²) in [5.41, 5.74) is 10.2. The highest BCUT2D eigenvalue weighted by atomic mass is 16.5. The number of carbonyl (C=O) groups excluding carboxylic acids is 1. The SMILES string of the molecule is C=CCOc1cccc2c(N(c3ccccc3)c3ccc(C4=CCC(N(c5ccccc5)c5cccc6c(OC(=O)C=C)cccc56)C(C)=C4)cc3C)cccc12. The minimum Gasteiger partial charge on any atom is -0.489 e. The van der Waals surface area contributed by atoms with Crippen LogP contribution >= 0.6 is 0 Å². The van der Waals surface area contributed by atoms with Crippen LogP contribution in [0.15, 0.2) is 195 Å². The Morgan fingerprint density at radius 1 is 0.667 bits per heavy atom. The maximum Gasteiger partial charge on any atom is 0.335 e. The fraction of sp³-hybridized carbons (Fsp3) is 0.0962. The molecule has 0 saturated heterocycles. The first-order chi connectivity index (χ1) is 27.9. The molecule has 280 valence electrons. The molecule has 57 heavy (non-hydrogen) atoms. The fourth-order valence-electron chi connectivity index (χ4n) is 7.93. The number of aryl methyl sites for hydroxylation is 1. The van der Waals surface area contributed by atoms with Crippen molar-refractivity contribution in [2.45, 2.75) is 26.3 Å². The van der Waals surface area contributed by atoms with Crippen molar-refractivity contribution >= 4 is 61.5 Å². The van der Waals surface area contributed by atoms with E-state index >= 15 is 0 Å². The molecule has 1 aliphatic rings. The normalized spacial score (nSPS) is 13.7. The van der Waals surface area contributed by atoms with Crippen molar-refractivity contribution in [3.05, 3.63) is 206 Å². The molecular formula is C52H44N2O3. The maximum absolute atomic E-state index is 12.2. The summed E-state index contributed by atoms with van der Waals surface area (Å²) in [6.45, 7) is 12.3. The number of allylic oxidation sites excluding steroid dienone is 2. The van der Waals surface area contributed by atoms with E-state index in [4.69, 9.17) is 9.47 Å². The number of hydrogen-bond donors (Lipinski definition) is 0. The molecule has 0 N–H and O–H groups in total. The van der Waals surface area contributed by atoms with E-state index in [-0.39, 0.29) is 6.04 Å². The van der Waals surface area contributed by atoms with Crippen molar-refractivity contribution in [1.29, 1.82) is 0 Å². The van der Waals surface area contributed by atoms with Gasteiger partial charge in [0.05, 0.1) is 11.7 Å². The fourth-order valence-corrected chi connectivity index (χ4v) is 7.93. The number of ether oxygens (including phenoxy) is 2. The van der Waals surface area contributed by atoms with Crippen LogP contribution in [0.3, 0.4) is 0 Å². The number of hydrogen-bond acceptors (Lipinski definition) is 5. The zero-order valence-corrected chi connectivity index (χ0v) is 32.3. The van der Waals surface area contributed by atoms with Crippen molar-refractivity contribution in [2.24, 2.45) is 0 Å². The lowest BCUT2D eigenvalue weighted by atomic mass is 9.89. The van der Waals surface area contributed by atoms with Crippen LogP contribution in [0.5, 0.6) is 11.5 Å². The molecule has 0 spiro atoms. The molecule has 0 radical (unpaired) electrons. The number of fused-ring (bicyclic) bond motifs is 2. The summed E-state index contributed by atoms with van der Waals surface area (Å²) in [6, 6.07) is 52.5. The van der Waals surface area contributed by atoms with Gasteiger partial charge in [0.2, 0.25) is 0 Å². The van der Waals surface area contributed by atoms with Gasteiger partial charge in [-0.05, 0) is 103 Å². The predicted octanol–water partition coefficient (Wildman–Crippen LogP) is 13.4. The zero-order chi connectivity index (χ0) is 39.3. The minimum absolute atomic E-state index is 0.0572. The van der Waals surface area contributed by atoms with Gasteiger partial charge in [0.1, 0.15) is 18.1 Å². The third-order valence-electron chi connectivity index (χ3n) is 10.6. The van der Waals surface area contributed by atoms with Crippen LogP contribution in [0.1, 0.15) is 24.5 Å². The molecule has 0 bridgehead atoms. The molecule has 0 aromatic heterocycles. The Labute approximate surface area is 334 Å². The van der Waals surface area contributed by atoms with Crippen LogP contribution in [0, 0.1) is 6.92 Å². The smallest absolute Gasteiger partial charge is 0.335 e. The highest BCUT2D eigenvalue weighted by molar-refractivity contribution is 6.03. The monoisotopic (exact) mass is 744 g/mol. The number of benzene rings is 7. The second kappa shape index (κ2) is 16.3. The van der Waals surface area contributed by atoms with Crippen molar-refractivity contribution in [2.75, 3.05) is 16.4 Å². The van der Waals surface area contributed by atoms with Gasteiger partial charge in [-0.15, -0.1) is 0 Å². The average Bonchev–Trinajstić information content (AvgIpc) is 3.25. The van der Waals surface area contributed by atoms with Crippen LogP contribution in [0.4, 0.5) is 28.4 Å². The molecule has 0 saturated carbocycles. The molecule has 7 aromatic rings. The van der Waals surface area contributed by atoms with E-state index in [1.54, 1.807) is 6.08 Å². The van der Waals surface area contributed by atoms with Gasteiger partial charge in [0.25, 0.3) is 0 Å². The van der Waals surface area contributed by atoms with Crippen LogP contribution in [-0.2, 0) is 4.79 Å². The largest absolute Gasteiger partial charge is 0.489 e. The maximum atomic E-state index is 12.2. The molecule has 0 aliphatic heterocycles. The van der Waals surface area contributed by atoms with E-state index in [0.29, 0.717) is 12.4 Å². The summed E-state index contributed by atoms with van der Waals surface area (Å²) in [5, 5.41) is 4.03. The number of anilines is 5. The summed E-state index contributed by atoms with van der Waals surface area (Å²) in [5.74, 6) is 0.867. The zero-order valence-electron chi connectivity index (χ0n) is 32.3. The van der Waals surface area contributed by atoms with Gasteiger partial charge in [0, 0.05) is 50.4 Å². The number of carbonyl (C=O) groups is 1. The van der Waals surface area contributed by atoms with E-state index in [9.17, 15) is 4.79 Å². The topological polar surface area (TPSA) is 42.0 Å². The number of nitrogens with zero attached hydrogens (tertiary/aromatic N) is 2. The molecule has 1 atom stereocenters. The standard InChI is InChI=1S/C52H44N2O3/c1-5-33-56-50-27-15-21-42-44(50)23-13-25-48(42)53(40-17-9-7-10-18-40)46-31-29-38(34-36(46)3)39-30-32-47(37(4)35-39)54(41-19-11-8-12-20-41)49-26-14-24-45-43(49)22-16-28-51(45)57-52(55)6-2/h5-31,34-35,47H,1-2,32-33H2,3-4H3. The third kappa shape index (κ3) is 7.36. The van der Waals surface area contributed by atoms with E-state index in [1.165, 1.54) is 22.8 Å². The molecule has 1 aliphatic carbocycles. The summed E-state index contributed by atoms with van der Waals surface area (Å²) in [7, 11) is 0. The second-order valence-corrected chi connectivity index (χ2v) is 14.2. The van der Waals surface area contributed by atoms with Gasteiger partial charge < -0.3 is 19.3 Å². The second-order valence-electron chi connectivity index (χ2n) is 14.2. The number of rotatable bonds is 12. The van der Waals surface area contributed by atoms with Gasteiger partial charge in [-0.3, -0.25) is 0 Å². The Morgan fingerprint density at radius 2 is 1.28 bits per heavy atom. The van der Waals surface area contributed by atoms with Gasteiger partial charge >= 0.3 is 5.97 Å². The van der Waals surface area contributed by atoms with Crippen molar-refractivity contribution in [1.82, 2.24) is 0 Å². The third-order valence-corrected chi connectivity index (χ3v) is 10.6. The van der Waals surface area contributed by atoms with Crippen molar-refractivity contribution in [3.63, 3.8) is 0 Å². The first kappa shape index (κ1) is 36.8. The lowest BCUT2D eigenvalue weighted by Gasteiger charge is -2.37. The Bertz CT molecular complexity index is 2680. The molecule has 5 nitrogen and oxygen atoms in total. The first-order valence-electron chi connectivity index (χ1n) is 19.3. The molecule has 8 rings (SSSR count). The van der Waals surface area contributed by atoms with Gasteiger partial charge in [-0.2, -0.15) is 0 Å². The predicted molar refractivity (Wildman–Crippen MR) is 238 cm³/mol. The summed E-state index contributed by atoms with van der Waals surface area (Å²) < 4.78 is 11.7. The highest BCUT2D eigenvalue weighted by Crippen LogP contribution is 2.44. The number of para-hydroxylation sites is 2. The highest BCUT2D eigenvalue weighted by Gasteiger charge is 2.27. The summed E-state index contributed by atoms with van der Waals surface area (Å²) in [4.78, 5) is 17.0. The summed E-state index contributed by atoms with van der Waals surface area (Å²) >= 11 is 0. The molecular weight excluding hydrogens is 701 g/mol. The van der Waals surface area contributed by atoms with Crippen LogP contribution < -0.4 is 19.3 Å². The van der Waals surface area contributed by atoms with E-state index in [0.717, 1.165) is 67.7 Å². The Kier molecular flexibility index (Phi) is 10.5. The van der Waals surface area contributed by atoms with Crippen molar-refractivity contribution < 1.29 is 14.3 Å². The summed E-state index contributed by atoms with van der Waals surface area (Å²) in [6.07, 6.45) is 8.45. The van der Waals surface area contributed by atoms with E-state index in [2.05, 4.69) is 164 Å². The quantitative estimate of drug-likeness (QED) is 0.0539. The van der Waals surface area contributed by atoms with Gasteiger partial charge in [-0.25, -0.2) is 4.79 Å². The van der Waals surface area contributed by atoms with Crippen LogP contribution in [0.2, 0.25) is 0 Å². The molecule has 1 unspecified atom stereocenters. The van der Waals surface area contributed by atoms with Crippen LogP contribution in [0.25, 0.3) is 27.1 Å². The molecule has 0 heterocycles. The molecule has 7 aromatic carbocycles. The molecule has 0 amide bonds. The first-order valence-corrected chi connectivity index (χ1v) is 19.3. The van der Waals surface area contributed by atoms with Gasteiger partial charge in [-0.1, -0.05) is 122 Å². The molecule has 0 fully saturated rings. The lowest BCUT2D eigenvalue weighted by molar-refractivity contribution is -0.128. The van der Waals surface area contributed by atoms with Crippen molar-refractivity contribution in [3.8, 4) is 11.5 Å². The Morgan fingerprint density at radius 3 is 1.95 bits per heavy atom. The molecule has 5 heteroatoms. The number of esters is 1. The van der Waals surface area contributed by atoms with Gasteiger partial charge in [0.15, 0.2) is 0 Å². The minimum atomic E-state index is -0.482. The average molecular weight is 745 g/mol. The lowest BCUT2D eigenvalue weighted by Crippen LogP contribution is -2.33. The Hall–Kier alpha value is -7.11. The van der Waals surface area contributed by atoms with E-state index in [1.807, 2.05) is 36.4 Å². The van der Waals surface area contributed by atoms with Crippen LogP contribution in [-0.4, -0.2) is 18.6 Å². The van der Waals surface area contributed by atoms with E-state index < -0.39 is 5.97 Å².